The Labute approximate surface area is 125 Å². The molecule has 0 radical (unpaired) electrons. The molecule has 0 unspecified atom stereocenters. The van der Waals surface area contributed by atoms with Crippen LogP contribution in [0.5, 0.6) is 5.75 Å². The Morgan fingerprint density at radius 2 is 2.35 bits per heavy atom. The highest BCUT2D eigenvalue weighted by Gasteiger charge is 2.34. The first-order valence-electron chi connectivity index (χ1n) is 6.47. The zero-order chi connectivity index (χ0) is 14.1. The van der Waals surface area contributed by atoms with Gasteiger partial charge in [-0.3, -0.25) is 4.79 Å². The van der Waals surface area contributed by atoms with E-state index in [-0.39, 0.29) is 11.7 Å². The third-order valence-corrected chi connectivity index (χ3v) is 5.31. The highest BCUT2D eigenvalue weighted by atomic mass is 32.1. The molecule has 1 fully saturated rings. The van der Waals surface area contributed by atoms with Gasteiger partial charge in [0, 0.05) is 10.8 Å². The minimum absolute atomic E-state index is 0.162. The topological polar surface area (TPSA) is 64.3 Å². The molecule has 0 spiro atoms. The summed E-state index contributed by atoms with van der Waals surface area (Å²) >= 11 is 3.09. The van der Waals surface area contributed by atoms with Gasteiger partial charge in [0.2, 0.25) is 0 Å². The molecule has 2 heterocycles. The largest absolute Gasteiger partial charge is 0.492 e. The van der Waals surface area contributed by atoms with Crippen molar-refractivity contribution in [2.45, 2.75) is 19.4 Å². The number of nitrogen functional groups attached to an aromatic ring is 1. The van der Waals surface area contributed by atoms with Crippen LogP contribution >= 0.6 is 22.7 Å². The molecular formula is C14H16N2O2S2. The van der Waals surface area contributed by atoms with Crippen LogP contribution in [-0.2, 0) is 6.54 Å². The van der Waals surface area contributed by atoms with Gasteiger partial charge in [-0.2, -0.15) is 0 Å². The highest BCUT2D eigenvalue weighted by molar-refractivity contribution is 7.19. The third-order valence-electron chi connectivity index (χ3n) is 3.28. The lowest BCUT2D eigenvalue weighted by atomic mass is 10.2. The summed E-state index contributed by atoms with van der Waals surface area (Å²) in [7, 11) is 1.58. The quantitative estimate of drug-likeness (QED) is 0.800. The lowest BCUT2D eigenvalue weighted by Gasteiger charge is -2.05. The number of nitrogens with two attached hydrogens (primary N) is 1. The molecule has 1 aliphatic rings. The summed E-state index contributed by atoms with van der Waals surface area (Å²) in [4.78, 5) is 14.1. The first kappa shape index (κ1) is 13.5. The summed E-state index contributed by atoms with van der Waals surface area (Å²) in [6.45, 7) is 0.713. The maximum Gasteiger partial charge on any atom is 0.178 e. The Hall–Kier alpha value is -1.53. The Balaban J connectivity index is 1.82. The van der Waals surface area contributed by atoms with Crippen molar-refractivity contribution in [3.05, 3.63) is 27.3 Å². The molecule has 6 heteroatoms. The number of anilines is 2. The van der Waals surface area contributed by atoms with Crippen molar-refractivity contribution in [1.82, 2.24) is 0 Å². The van der Waals surface area contributed by atoms with Gasteiger partial charge in [0.15, 0.2) is 11.5 Å². The number of thiophene rings is 2. The van der Waals surface area contributed by atoms with E-state index in [0.29, 0.717) is 22.9 Å². The third kappa shape index (κ3) is 2.53. The molecule has 0 amide bonds. The molecule has 2 aromatic heterocycles. The molecule has 1 saturated carbocycles. The van der Waals surface area contributed by atoms with Crippen LogP contribution in [0.4, 0.5) is 10.7 Å². The second kappa shape index (κ2) is 5.46. The first-order valence-corrected chi connectivity index (χ1v) is 8.17. The van der Waals surface area contributed by atoms with Gasteiger partial charge in [0.05, 0.1) is 24.2 Å². The maximum atomic E-state index is 12.2. The molecule has 4 nitrogen and oxygen atoms in total. The van der Waals surface area contributed by atoms with Crippen molar-refractivity contribution in [3.8, 4) is 5.75 Å². The van der Waals surface area contributed by atoms with E-state index in [1.54, 1.807) is 18.4 Å². The lowest BCUT2D eigenvalue weighted by Crippen LogP contribution is -2.02. The molecule has 20 heavy (non-hydrogen) atoms. The molecule has 0 aromatic carbocycles. The predicted molar refractivity (Wildman–Crippen MR) is 84.0 cm³/mol. The summed E-state index contributed by atoms with van der Waals surface area (Å²) in [5.74, 6) is 0.927. The number of ether oxygens (including phenoxy) is 1. The molecule has 1 aliphatic carbocycles. The number of carbonyl (C=O) groups is 1. The Bertz CT molecular complexity index is 615. The number of hydrogen-bond donors (Lipinski definition) is 2. The van der Waals surface area contributed by atoms with E-state index in [2.05, 4.69) is 11.4 Å². The van der Waals surface area contributed by atoms with Crippen molar-refractivity contribution < 1.29 is 9.53 Å². The molecule has 3 N–H and O–H groups in total. The maximum absolute atomic E-state index is 12.2. The van der Waals surface area contributed by atoms with Crippen molar-refractivity contribution >= 4 is 39.1 Å². The predicted octanol–water partition coefficient (Wildman–Crippen LogP) is 3.61. The van der Waals surface area contributed by atoms with Gasteiger partial charge >= 0.3 is 0 Å². The van der Waals surface area contributed by atoms with Crippen LogP contribution in [0, 0.1) is 5.92 Å². The molecule has 0 aliphatic heterocycles. The number of ketones is 1. The normalized spacial score (nSPS) is 14.2. The standard InChI is InChI=1S/C14H16N2O2S2/c1-18-12-10(15)13(11(17)8-4-5-8)20-14(12)16-7-9-3-2-6-19-9/h2-3,6,8,16H,4-5,7,15H2,1H3. The number of rotatable bonds is 6. The summed E-state index contributed by atoms with van der Waals surface area (Å²) in [6.07, 6.45) is 1.97. The Morgan fingerprint density at radius 1 is 1.55 bits per heavy atom. The average molecular weight is 308 g/mol. The van der Waals surface area contributed by atoms with Gasteiger partial charge in [0.1, 0.15) is 5.00 Å². The smallest absolute Gasteiger partial charge is 0.178 e. The van der Waals surface area contributed by atoms with Gasteiger partial charge in [-0.05, 0) is 24.3 Å². The van der Waals surface area contributed by atoms with Crippen LogP contribution in [0.25, 0.3) is 0 Å². The first-order chi connectivity index (χ1) is 9.70. The van der Waals surface area contributed by atoms with Gasteiger partial charge in [-0.15, -0.1) is 22.7 Å². The Morgan fingerprint density at radius 3 is 2.95 bits per heavy atom. The van der Waals surface area contributed by atoms with E-state index in [1.807, 2.05) is 11.4 Å². The second-order valence-electron chi connectivity index (χ2n) is 4.78. The SMILES string of the molecule is COc1c(NCc2cccs2)sc(C(=O)C2CC2)c1N. The fourth-order valence-corrected chi connectivity index (χ4v) is 3.79. The van der Waals surface area contributed by atoms with Crippen LogP contribution in [0.2, 0.25) is 0 Å². The monoisotopic (exact) mass is 308 g/mol. The van der Waals surface area contributed by atoms with Crippen LogP contribution in [0.1, 0.15) is 27.4 Å². The molecular weight excluding hydrogens is 292 g/mol. The van der Waals surface area contributed by atoms with Crippen molar-refractivity contribution in [3.63, 3.8) is 0 Å². The molecule has 0 bridgehead atoms. The van der Waals surface area contributed by atoms with E-state index in [1.165, 1.54) is 16.2 Å². The summed E-state index contributed by atoms with van der Waals surface area (Å²) in [6, 6.07) is 4.08. The van der Waals surface area contributed by atoms with Crippen LogP contribution in [-0.4, -0.2) is 12.9 Å². The van der Waals surface area contributed by atoms with Gasteiger partial charge in [0.25, 0.3) is 0 Å². The second-order valence-corrected chi connectivity index (χ2v) is 6.83. The lowest BCUT2D eigenvalue weighted by molar-refractivity contribution is 0.0972. The number of nitrogens with one attached hydrogen (secondary N) is 1. The average Bonchev–Trinajstić information content (AvgIpc) is 3.07. The fraction of sp³-hybridized carbons (Fsp3) is 0.357. The highest BCUT2D eigenvalue weighted by Crippen LogP contribution is 2.46. The van der Waals surface area contributed by atoms with Crippen molar-refractivity contribution in [2.75, 3.05) is 18.2 Å². The molecule has 3 rings (SSSR count). The summed E-state index contributed by atoms with van der Waals surface area (Å²) in [5.41, 5.74) is 6.53. The minimum Gasteiger partial charge on any atom is -0.492 e. The number of hydrogen-bond acceptors (Lipinski definition) is 6. The van der Waals surface area contributed by atoms with E-state index in [9.17, 15) is 4.79 Å². The fourth-order valence-electron chi connectivity index (χ4n) is 2.04. The van der Waals surface area contributed by atoms with Crippen molar-refractivity contribution in [2.24, 2.45) is 5.92 Å². The van der Waals surface area contributed by atoms with Crippen molar-refractivity contribution in [1.29, 1.82) is 0 Å². The zero-order valence-electron chi connectivity index (χ0n) is 11.1. The van der Waals surface area contributed by atoms with E-state index >= 15 is 0 Å². The van der Waals surface area contributed by atoms with Gasteiger partial charge < -0.3 is 15.8 Å². The van der Waals surface area contributed by atoms with E-state index in [4.69, 9.17) is 10.5 Å². The Kier molecular flexibility index (Phi) is 3.67. The number of carbonyl (C=O) groups excluding carboxylic acids is 1. The molecule has 0 saturated heterocycles. The van der Waals surface area contributed by atoms with Gasteiger partial charge in [-0.25, -0.2) is 0 Å². The van der Waals surface area contributed by atoms with E-state index < -0.39 is 0 Å². The minimum atomic E-state index is 0.162. The van der Waals surface area contributed by atoms with Gasteiger partial charge in [-0.1, -0.05) is 6.07 Å². The number of Topliss-reactive ketones (excluding diaryl/α,β-unsaturated/α-hetero) is 1. The summed E-state index contributed by atoms with van der Waals surface area (Å²) < 4.78 is 5.35. The van der Waals surface area contributed by atoms with Crippen LogP contribution in [0.15, 0.2) is 17.5 Å². The van der Waals surface area contributed by atoms with Crippen LogP contribution < -0.4 is 15.8 Å². The molecule has 0 atom stereocenters. The van der Waals surface area contributed by atoms with Crippen LogP contribution in [0.3, 0.4) is 0 Å². The molecule has 106 valence electrons. The zero-order valence-corrected chi connectivity index (χ0v) is 12.8. The summed E-state index contributed by atoms with van der Waals surface area (Å²) in [5, 5.41) is 6.19. The molecule has 2 aromatic rings. The van der Waals surface area contributed by atoms with E-state index in [0.717, 1.165) is 17.8 Å². The number of methoxy groups -OCH3 is 1.